The van der Waals surface area contributed by atoms with E-state index in [-0.39, 0.29) is 18.0 Å². The van der Waals surface area contributed by atoms with Gasteiger partial charge in [0.05, 0.1) is 22.5 Å². The lowest BCUT2D eigenvalue weighted by Crippen LogP contribution is -2.53. The quantitative estimate of drug-likeness (QED) is 0.196. The third-order valence-electron chi connectivity index (χ3n) is 6.68. The van der Waals surface area contributed by atoms with Crippen LogP contribution in [0.25, 0.3) is 0 Å². The fraction of sp³-hybridized carbons (Fsp3) is 0.333. The molecule has 3 aromatic rings. The molecule has 1 atom stereocenters. The smallest absolute Gasteiger partial charge is 0.354 e. The van der Waals surface area contributed by atoms with Gasteiger partial charge < -0.3 is 10.2 Å². The zero-order chi connectivity index (χ0) is 32.7. The average Bonchev–Trinajstić information content (AvgIpc) is 2.94. The predicted octanol–water partition coefficient (Wildman–Crippen LogP) is 6.99. The molecule has 0 saturated carbocycles. The second-order valence-electron chi connectivity index (χ2n) is 10.0. The highest BCUT2D eigenvalue weighted by atomic mass is 35.5. The third kappa shape index (κ3) is 9.76. The van der Waals surface area contributed by atoms with E-state index in [9.17, 15) is 31.2 Å². The molecule has 0 bridgehead atoms. The number of hydrogen-bond acceptors (Lipinski definition) is 4. The first-order valence-corrected chi connectivity index (χ1v) is 16.5. The van der Waals surface area contributed by atoms with E-state index in [0.717, 1.165) is 30.4 Å². The molecular weight excluding hydrogens is 662 g/mol. The van der Waals surface area contributed by atoms with Crippen molar-refractivity contribution in [1.82, 2.24) is 10.2 Å². The number of nitrogens with zero attached hydrogens (tertiary/aromatic N) is 2. The van der Waals surface area contributed by atoms with Crippen LogP contribution < -0.4 is 9.62 Å². The number of alkyl halides is 3. The Kier molecular flexibility index (Phi) is 12.4. The van der Waals surface area contributed by atoms with Gasteiger partial charge in [0.2, 0.25) is 21.8 Å². The van der Waals surface area contributed by atoms with Gasteiger partial charge in [-0.25, -0.2) is 8.42 Å². The standard InChI is InChI=1S/C30H31Cl3F3N3O4S/c1-3-4-14-37-29(41)27(15-20-8-6-5-7-9-20)38(18-21-10-11-22(31)16-26(21)33)28(40)19-39(44(2,42)43)23-12-13-25(32)24(17-23)30(34,35)36/h5-13,16-17,27H,3-4,14-15,18-19H2,1-2H3,(H,37,41)/t27-/m1/s1. The lowest BCUT2D eigenvalue weighted by molar-refractivity contribution is -0.140. The summed E-state index contributed by atoms with van der Waals surface area (Å²) in [6, 6.07) is 14.9. The van der Waals surface area contributed by atoms with Crippen molar-refractivity contribution >= 4 is 62.3 Å². The van der Waals surface area contributed by atoms with E-state index in [1.54, 1.807) is 42.5 Å². The maximum absolute atomic E-state index is 14.1. The average molecular weight is 693 g/mol. The molecule has 14 heteroatoms. The molecule has 238 valence electrons. The highest BCUT2D eigenvalue weighted by molar-refractivity contribution is 7.92. The molecule has 0 aliphatic carbocycles. The number of rotatable bonds is 13. The Morgan fingerprint density at radius 1 is 0.955 bits per heavy atom. The van der Waals surface area contributed by atoms with Crippen LogP contribution >= 0.6 is 34.8 Å². The predicted molar refractivity (Wildman–Crippen MR) is 168 cm³/mol. The molecule has 0 fully saturated rings. The molecule has 0 unspecified atom stereocenters. The Bertz CT molecular complexity index is 1570. The summed E-state index contributed by atoms with van der Waals surface area (Å²) in [4.78, 5) is 28.9. The SMILES string of the molecule is CCCCNC(=O)[C@@H](Cc1ccccc1)N(Cc1ccc(Cl)cc1Cl)C(=O)CN(c1ccc(Cl)c(C(F)(F)F)c1)S(C)(=O)=O. The minimum atomic E-state index is -4.88. The summed E-state index contributed by atoms with van der Waals surface area (Å²) in [5.74, 6) is -1.34. The lowest BCUT2D eigenvalue weighted by Gasteiger charge is -2.34. The van der Waals surface area contributed by atoms with Gasteiger partial charge in [-0.1, -0.05) is 84.5 Å². The van der Waals surface area contributed by atoms with E-state index in [0.29, 0.717) is 33.9 Å². The lowest BCUT2D eigenvalue weighted by atomic mass is 10.0. The molecular formula is C30H31Cl3F3N3O4S. The van der Waals surface area contributed by atoms with Crippen LogP contribution in [0.2, 0.25) is 15.1 Å². The number of carbonyl (C=O) groups excluding carboxylic acids is 2. The van der Waals surface area contributed by atoms with Gasteiger partial charge >= 0.3 is 6.18 Å². The van der Waals surface area contributed by atoms with Crippen molar-refractivity contribution in [2.45, 2.75) is 44.9 Å². The monoisotopic (exact) mass is 691 g/mol. The number of unbranched alkanes of at least 4 members (excludes halogenated alkanes) is 1. The topological polar surface area (TPSA) is 86.8 Å². The highest BCUT2D eigenvalue weighted by Crippen LogP contribution is 2.37. The minimum absolute atomic E-state index is 0.0633. The molecule has 0 spiro atoms. The van der Waals surface area contributed by atoms with Crippen LogP contribution in [-0.2, 0) is 38.8 Å². The molecule has 3 rings (SSSR count). The summed E-state index contributed by atoms with van der Waals surface area (Å²) in [5, 5.41) is 2.74. The highest BCUT2D eigenvalue weighted by Gasteiger charge is 2.36. The van der Waals surface area contributed by atoms with Crippen molar-refractivity contribution < 1.29 is 31.2 Å². The Morgan fingerprint density at radius 3 is 2.23 bits per heavy atom. The van der Waals surface area contributed by atoms with Gasteiger partial charge in [0, 0.05) is 29.6 Å². The fourth-order valence-electron chi connectivity index (χ4n) is 4.39. The summed E-state index contributed by atoms with van der Waals surface area (Å²) in [5.41, 5.74) is -0.551. The number of nitrogens with one attached hydrogen (secondary N) is 1. The van der Waals surface area contributed by atoms with Crippen LogP contribution in [0.4, 0.5) is 18.9 Å². The van der Waals surface area contributed by atoms with Gasteiger partial charge in [0.1, 0.15) is 12.6 Å². The maximum atomic E-state index is 14.1. The largest absolute Gasteiger partial charge is 0.417 e. The number of amides is 2. The molecule has 0 saturated heterocycles. The molecule has 0 aliphatic heterocycles. The van der Waals surface area contributed by atoms with E-state index in [2.05, 4.69) is 5.32 Å². The molecule has 0 radical (unpaired) electrons. The van der Waals surface area contributed by atoms with Gasteiger partial charge in [-0.3, -0.25) is 13.9 Å². The fourth-order valence-corrected chi connectivity index (χ4v) is 5.93. The van der Waals surface area contributed by atoms with Gasteiger partial charge in [-0.05, 0) is 47.9 Å². The van der Waals surface area contributed by atoms with Crippen LogP contribution in [-0.4, -0.2) is 50.5 Å². The molecule has 2 amide bonds. The molecule has 0 aromatic heterocycles. The zero-order valence-electron chi connectivity index (χ0n) is 23.9. The Labute approximate surface area is 269 Å². The van der Waals surface area contributed by atoms with Crippen LogP contribution in [0.3, 0.4) is 0 Å². The van der Waals surface area contributed by atoms with Gasteiger partial charge in [-0.15, -0.1) is 0 Å². The Morgan fingerprint density at radius 2 is 1.64 bits per heavy atom. The summed E-state index contributed by atoms with van der Waals surface area (Å²) in [7, 11) is -4.30. The molecule has 3 aromatic carbocycles. The van der Waals surface area contributed by atoms with E-state index in [4.69, 9.17) is 34.8 Å². The number of benzene rings is 3. The number of anilines is 1. The molecule has 0 aliphatic rings. The van der Waals surface area contributed by atoms with E-state index in [1.165, 1.54) is 11.0 Å². The van der Waals surface area contributed by atoms with Crippen molar-refractivity contribution in [2.24, 2.45) is 0 Å². The number of sulfonamides is 1. The summed E-state index contributed by atoms with van der Waals surface area (Å²) < 4.78 is 67.2. The van der Waals surface area contributed by atoms with Gasteiger partial charge in [0.15, 0.2) is 0 Å². The number of carbonyl (C=O) groups is 2. The van der Waals surface area contributed by atoms with Crippen molar-refractivity contribution in [3.05, 3.63) is 98.5 Å². The first-order chi connectivity index (χ1) is 20.6. The normalized spacial score (nSPS) is 12.5. The first kappa shape index (κ1) is 35.5. The maximum Gasteiger partial charge on any atom is 0.417 e. The second kappa shape index (κ2) is 15.3. The van der Waals surface area contributed by atoms with Gasteiger partial charge in [0.25, 0.3) is 0 Å². The zero-order valence-corrected chi connectivity index (χ0v) is 27.0. The van der Waals surface area contributed by atoms with Crippen molar-refractivity contribution in [3.8, 4) is 0 Å². The third-order valence-corrected chi connectivity index (χ3v) is 8.74. The summed E-state index contributed by atoms with van der Waals surface area (Å²) in [6.07, 6.45) is -2.57. The Balaban J connectivity index is 2.11. The van der Waals surface area contributed by atoms with E-state index >= 15 is 0 Å². The molecule has 7 nitrogen and oxygen atoms in total. The summed E-state index contributed by atoms with van der Waals surface area (Å²) in [6.45, 7) is 1.16. The van der Waals surface area contributed by atoms with Crippen molar-refractivity contribution in [2.75, 3.05) is 23.7 Å². The van der Waals surface area contributed by atoms with E-state index < -0.39 is 56.9 Å². The molecule has 1 N–H and O–H groups in total. The molecule has 0 heterocycles. The van der Waals surface area contributed by atoms with E-state index in [1.807, 2.05) is 6.92 Å². The number of halogens is 6. The van der Waals surface area contributed by atoms with Crippen LogP contribution in [0.15, 0.2) is 66.7 Å². The second-order valence-corrected chi connectivity index (χ2v) is 13.2. The first-order valence-electron chi connectivity index (χ1n) is 13.5. The van der Waals surface area contributed by atoms with Gasteiger partial charge in [-0.2, -0.15) is 13.2 Å². The number of hydrogen-bond donors (Lipinski definition) is 1. The van der Waals surface area contributed by atoms with Crippen molar-refractivity contribution in [3.63, 3.8) is 0 Å². The van der Waals surface area contributed by atoms with Crippen LogP contribution in [0.1, 0.15) is 36.5 Å². The minimum Gasteiger partial charge on any atom is -0.354 e. The summed E-state index contributed by atoms with van der Waals surface area (Å²) >= 11 is 18.2. The van der Waals surface area contributed by atoms with Crippen LogP contribution in [0.5, 0.6) is 0 Å². The van der Waals surface area contributed by atoms with Crippen molar-refractivity contribution in [1.29, 1.82) is 0 Å². The molecule has 44 heavy (non-hydrogen) atoms. The van der Waals surface area contributed by atoms with Crippen LogP contribution in [0, 0.1) is 0 Å². The Hall–Kier alpha value is -2.99.